The molecule has 0 amide bonds. The van der Waals surface area contributed by atoms with Gasteiger partial charge in [-0.15, -0.1) is 0 Å². The Morgan fingerprint density at radius 3 is 2.17 bits per heavy atom. The Morgan fingerprint density at radius 2 is 2.17 bits per heavy atom. The summed E-state index contributed by atoms with van der Waals surface area (Å²) in [5.41, 5.74) is 0. The molecule has 34 valence electrons. The van der Waals surface area contributed by atoms with Crippen molar-refractivity contribution in [2.24, 2.45) is 0 Å². The van der Waals surface area contributed by atoms with Gasteiger partial charge in [-0.2, -0.15) is 6.42 Å². The van der Waals surface area contributed by atoms with Crippen LogP contribution in [0, 0.1) is 0 Å². The van der Waals surface area contributed by atoms with Crippen molar-refractivity contribution in [1.82, 2.24) is 0 Å². The summed E-state index contributed by atoms with van der Waals surface area (Å²) in [5, 5.41) is 0. The van der Waals surface area contributed by atoms with Gasteiger partial charge in [0.15, 0.2) is 0 Å². The van der Waals surface area contributed by atoms with Gasteiger partial charge in [0.2, 0.25) is 0 Å². The maximum atomic E-state index is 9.28. The summed E-state index contributed by atoms with van der Waals surface area (Å²) in [4.78, 5) is 9.28. The number of carbonyl (C=O) groups excluding carboxylic acids is 1. The Kier molecular flexibility index (Phi) is 14.8. The third kappa shape index (κ3) is 8.82. The van der Waals surface area contributed by atoms with Crippen molar-refractivity contribution in [2.45, 2.75) is 19.8 Å². The van der Waals surface area contributed by atoms with E-state index in [1.807, 2.05) is 6.92 Å². The van der Waals surface area contributed by atoms with Gasteiger partial charge in [-0.3, -0.25) is 6.29 Å². The monoisotopic (exact) mass is 251 g/mol. The van der Waals surface area contributed by atoms with Crippen molar-refractivity contribution in [3.63, 3.8) is 0 Å². The van der Waals surface area contributed by atoms with Crippen LogP contribution in [0.3, 0.4) is 0 Å². The molecule has 0 unspecified atom stereocenters. The predicted molar refractivity (Wildman–Crippen MR) is 20.6 cm³/mol. The van der Waals surface area contributed by atoms with E-state index < -0.39 is 0 Å². The molecule has 0 aromatic carbocycles. The first-order valence-corrected chi connectivity index (χ1v) is 1.76. The van der Waals surface area contributed by atoms with Gasteiger partial charge in [0.05, 0.1) is 0 Å². The molecule has 2 heteroatoms. The van der Waals surface area contributed by atoms with E-state index in [4.69, 9.17) is 0 Å². The molecule has 0 fully saturated rings. The second kappa shape index (κ2) is 9.11. The zero-order valence-electron chi connectivity index (χ0n) is 3.82. The van der Waals surface area contributed by atoms with Crippen molar-refractivity contribution >= 4 is 6.29 Å². The summed E-state index contributed by atoms with van der Waals surface area (Å²) in [6.45, 7) is 1.95. The van der Waals surface area contributed by atoms with E-state index in [1.165, 1.54) is 0 Å². The summed E-state index contributed by atoms with van der Waals surface area (Å²) < 4.78 is 0. The molecule has 0 bridgehead atoms. The molecule has 0 saturated heterocycles. The number of unbranched alkanes of at least 4 members (excludes halogenated alkanes) is 1. The van der Waals surface area contributed by atoms with Crippen LogP contribution in [-0.2, 0) is 30.6 Å². The van der Waals surface area contributed by atoms with Gasteiger partial charge < -0.3 is 4.79 Å². The molecule has 0 heterocycles. The van der Waals surface area contributed by atoms with E-state index in [-0.39, 0.29) is 25.8 Å². The molecule has 0 aromatic heterocycles. The largest absolute Gasteiger partial charge is 0.542 e. The third-order valence-corrected chi connectivity index (χ3v) is 0.352. The summed E-state index contributed by atoms with van der Waals surface area (Å²) in [6.07, 6.45) is 3.27. The average Bonchev–Trinajstić information content (AvgIpc) is 1.41. The van der Waals surface area contributed by atoms with Crippen LogP contribution < -0.4 is 0 Å². The van der Waals surface area contributed by atoms with Crippen molar-refractivity contribution < 1.29 is 30.6 Å². The Balaban J connectivity index is 0. The summed E-state index contributed by atoms with van der Waals surface area (Å²) in [5.74, 6) is 0. The SMILES string of the molecule is CCC[C-]=O.[Hf]. The maximum Gasteiger partial charge on any atom is 0 e. The Hall–Kier alpha value is 0.540. The molecule has 0 aliphatic rings. The molecule has 0 aliphatic heterocycles. The molecular weight excluding hydrogens is 243 g/mol. The molecule has 0 aromatic rings. The molecule has 0 atom stereocenters. The quantitative estimate of drug-likeness (QED) is 0.525. The van der Waals surface area contributed by atoms with Crippen LogP contribution in [0.5, 0.6) is 0 Å². The number of hydrogen-bond donors (Lipinski definition) is 0. The van der Waals surface area contributed by atoms with E-state index in [0.29, 0.717) is 6.42 Å². The second-order valence-corrected chi connectivity index (χ2v) is 0.894. The molecular formula is C4H7HfO-. The van der Waals surface area contributed by atoms with Gasteiger partial charge >= 0.3 is 0 Å². The minimum atomic E-state index is 0. The first-order valence-electron chi connectivity index (χ1n) is 1.76. The summed E-state index contributed by atoms with van der Waals surface area (Å²) in [6, 6.07) is 0. The van der Waals surface area contributed by atoms with Crippen molar-refractivity contribution in [3.8, 4) is 0 Å². The van der Waals surface area contributed by atoms with Crippen LogP contribution in [0.15, 0.2) is 0 Å². The van der Waals surface area contributed by atoms with Gasteiger partial charge in [-0.05, 0) is 0 Å². The van der Waals surface area contributed by atoms with Gasteiger partial charge in [0.1, 0.15) is 0 Å². The second-order valence-electron chi connectivity index (χ2n) is 0.894. The minimum Gasteiger partial charge on any atom is -0.542 e. The normalized spacial score (nSPS) is 6.17. The van der Waals surface area contributed by atoms with Gasteiger partial charge in [-0.25, -0.2) is 0 Å². The maximum absolute atomic E-state index is 9.28. The molecule has 0 saturated carbocycles. The Morgan fingerprint density at radius 1 is 1.67 bits per heavy atom. The van der Waals surface area contributed by atoms with Crippen LogP contribution in [0.25, 0.3) is 0 Å². The molecule has 0 aliphatic carbocycles. The van der Waals surface area contributed by atoms with Crippen molar-refractivity contribution in [3.05, 3.63) is 0 Å². The standard InChI is InChI=1S/C4H7O.Hf/c1-2-3-4-5;/h2-3H2,1H3;/q-1;. The number of hydrogen-bond acceptors (Lipinski definition) is 1. The zero-order valence-corrected chi connectivity index (χ0v) is 7.42. The van der Waals surface area contributed by atoms with Crippen LogP contribution in [0.1, 0.15) is 19.8 Å². The van der Waals surface area contributed by atoms with Crippen molar-refractivity contribution in [2.75, 3.05) is 0 Å². The molecule has 0 rings (SSSR count). The van der Waals surface area contributed by atoms with Crippen molar-refractivity contribution in [1.29, 1.82) is 0 Å². The topological polar surface area (TPSA) is 17.1 Å². The van der Waals surface area contributed by atoms with Crippen LogP contribution >= 0.6 is 0 Å². The zero-order chi connectivity index (χ0) is 4.12. The van der Waals surface area contributed by atoms with Gasteiger partial charge in [-0.1, -0.05) is 13.3 Å². The summed E-state index contributed by atoms with van der Waals surface area (Å²) >= 11 is 0. The fourth-order valence-electron chi connectivity index (χ4n) is 0.102. The van der Waals surface area contributed by atoms with E-state index >= 15 is 0 Å². The van der Waals surface area contributed by atoms with E-state index in [9.17, 15) is 4.79 Å². The minimum absolute atomic E-state index is 0. The molecule has 6 heavy (non-hydrogen) atoms. The number of rotatable bonds is 2. The third-order valence-electron chi connectivity index (χ3n) is 0.352. The fraction of sp³-hybridized carbons (Fsp3) is 0.750. The first kappa shape index (κ1) is 9.74. The fourth-order valence-corrected chi connectivity index (χ4v) is 0.102. The van der Waals surface area contributed by atoms with Crippen LogP contribution in [0.4, 0.5) is 0 Å². The van der Waals surface area contributed by atoms with E-state index in [2.05, 4.69) is 0 Å². The average molecular weight is 250 g/mol. The van der Waals surface area contributed by atoms with E-state index in [0.717, 1.165) is 6.42 Å². The smallest absolute Gasteiger partial charge is 0 e. The molecule has 0 radical (unpaired) electrons. The Bertz CT molecular complexity index is 28.7. The molecule has 0 spiro atoms. The predicted octanol–water partition coefficient (Wildman–Crippen LogP) is 0.894. The van der Waals surface area contributed by atoms with Gasteiger partial charge in [0, 0.05) is 25.8 Å². The first-order chi connectivity index (χ1) is 2.41. The summed E-state index contributed by atoms with van der Waals surface area (Å²) in [7, 11) is 0. The van der Waals surface area contributed by atoms with Crippen LogP contribution in [-0.4, -0.2) is 6.29 Å². The molecule has 0 N–H and O–H groups in total. The Labute approximate surface area is 56.9 Å². The van der Waals surface area contributed by atoms with Crippen LogP contribution in [0.2, 0.25) is 0 Å². The molecule has 1 nitrogen and oxygen atoms in total. The van der Waals surface area contributed by atoms with E-state index in [1.54, 1.807) is 6.29 Å². The van der Waals surface area contributed by atoms with Gasteiger partial charge in [0.25, 0.3) is 0 Å².